The number of amides is 1. The number of carbonyl (C=O) groups is 1. The smallest absolute Gasteiger partial charge is 0.255 e. The van der Waals surface area contributed by atoms with Crippen molar-refractivity contribution in [2.45, 2.75) is 38.2 Å². The lowest BCUT2D eigenvalue weighted by atomic mass is 9.91. The van der Waals surface area contributed by atoms with Crippen molar-refractivity contribution >= 4 is 5.91 Å². The number of nitrogens with zero attached hydrogens (tertiary/aromatic N) is 3. The van der Waals surface area contributed by atoms with Crippen molar-refractivity contribution in [2.24, 2.45) is 0 Å². The van der Waals surface area contributed by atoms with Crippen molar-refractivity contribution in [2.75, 3.05) is 32.7 Å². The average Bonchev–Trinajstić information content (AvgIpc) is 2.98. The van der Waals surface area contributed by atoms with Gasteiger partial charge in [-0.1, -0.05) is 0 Å². The summed E-state index contributed by atoms with van der Waals surface area (Å²) < 4.78 is 0. The van der Waals surface area contributed by atoms with Gasteiger partial charge < -0.3 is 14.9 Å². The normalized spacial score (nSPS) is 26.4. The molecule has 0 radical (unpaired) electrons. The van der Waals surface area contributed by atoms with Crippen LogP contribution in [0.5, 0.6) is 0 Å². The standard InChI is InChI=1S/C17H25N3O2/c1-14-9-15(11-18-10-14)16(21)20-8-4-5-17(22,13-20)12-19-6-2-3-7-19/h9-11,22H,2-8,12-13H2,1H3/t17-/m0/s1. The van der Waals surface area contributed by atoms with Gasteiger partial charge in [0, 0.05) is 25.5 Å². The number of aliphatic hydroxyl groups is 1. The van der Waals surface area contributed by atoms with Gasteiger partial charge in [-0.2, -0.15) is 0 Å². The summed E-state index contributed by atoms with van der Waals surface area (Å²) in [6.07, 6.45) is 7.43. The fraction of sp³-hybridized carbons (Fsp3) is 0.647. The highest BCUT2D eigenvalue weighted by molar-refractivity contribution is 5.94. The third-order valence-corrected chi connectivity index (χ3v) is 4.68. The quantitative estimate of drug-likeness (QED) is 0.918. The van der Waals surface area contributed by atoms with Gasteiger partial charge in [-0.05, 0) is 57.3 Å². The SMILES string of the molecule is Cc1cncc(C(=O)N2CCC[C@](O)(CN3CCCC3)C2)c1. The first kappa shape index (κ1) is 15.4. The minimum absolute atomic E-state index is 0.0178. The number of aryl methyl sites for hydroxylation is 1. The molecule has 120 valence electrons. The molecule has 1 aromatic rings. The second-order valence-electron chi connectivity index (χ2n) is 6.79. The van der Waals surface area contributed by atoms with Gasteiger partial charge >= 0.3 is 0 Å². The van der Waals surface area contributed by atoms with Gasteiger partial charge in [0.05, 0.1) is 17.7 Å². The molecule has 1 atom stereocenters. The van der Waals surface area contributed by atoms with Gasteiger partial charge in [0.2, 0.25) is 0 Å². The zero-order chi connectivity index (χ0) is 15.6. The molecule has 2 fully saturated rings. The topological polar surface area (TPSA) is 56.7 Å². The van der Waals surface area contributed by atoms with Crippen LogP contribution in [0, 0.1) is 6.92 Å². The molecule has 2 aliphatic rings. The Morgan fingerprint density at radius 1 is 1.27 bits per heavy atom. The Morgan fingerprint density at radius 2 is 2.05 bits per heavy atom. The first-order valence-electron chi connectivity index (χ1n) is 8.21. The number of β-amino-alcohol motifs (C(OH)–C–C–N with tert-alkyl or cyclic N) is 1. The second-order valence-corrected chi connectivity index (χ2v) is 6.79. The number of hydrogen-bond donors (Lipinski definition) is 1. The Balaban J connectivity index is 1.68. The molecule has 3 heterocycles. The first-order chi connectivity index (χ1) is 10.6. The largest absolute Gasteiger partial charge is 0.387 e. The lowest BCUT2D eigenvalue weighted by Crippen LogP contribution is -2.55. The Morgan fingerprint density at radius 3 is 2.77 bits per heavy atom. The summed E-state index contributed by atoms with van der Waals surface area (Å²) in [5, 5.41) is 10.9. The van der Waals surface area contributed by atoms with E-state index in [2.05, 4.69) is 9.88 Å². The Bertz CT molecular complexity index is 542. The highest BCUT2D eigenvalue weighted by Crippen LogP contribution is 2.25. The molecule has 2 saturated heterocycles. The Labute approximate surface area is 131 Å². The van der Waals surface area contributed by atoms with Crippen LogP contribution in [0.15, 0.2) is 18.5 Å². The summed E-state index contributed by atoms with van der Waals surface area (Å²) >= 11 is 0. The van der Waals surface area contributed by atoms with E-state index in [-0.39, 0.29) is 5.91 Å². The first-order valence-corrected chi connectivity index (χ1v) is 8.21. The summed E-state index contributed by atoms with van der Waals surface area (Å²) in [4.78, 5) is 20.8. The number of pyridine rings is 1. The van der Waals surface area contributed by atoms with Crippen LogP contribution in [0.2, 0.25) is 0 Å². The number of hydrogen-bond acceptors (Lipinski definition) is 4. The fourth-order valence-electron chi connectivity index (χ4n) is 3.63. The highest BCUT2D eigenvalue weighted by Gasteiger charge is 2.37. The zero-order valence-corrected chi connectivity index (χ0v) is 13.3. The minimum atomic E-state index is -0.768. The van der Waals surface area contributed by atoms with Crippen molar-refractivity contribution in [3.05, 3.63) is 29.6 Å². The predicted octanol–water partition coefficient (Wildman–Crippen LogP) is 1.45. The van der Waals surface area contributed by atoms with Crippen LogP contribution < -0.4 is 0 Å². The molecule has 0 unspecified atom stereocenters. The van der Waals surface area contributed by atoms with E-state index < -0.39 is 5.60 Å². The fourth-order valence-corrected chi connectivity index (χ4v) is 3.63. The molecule has 0 aromatic carbocycles. The molecule has 1 aromatic heterocycles. The van der Waals surface area contributed by atoms with Crippen molar-refractivity contribution in [3.8, 4) is 0 Å². The van der Waals surface area contributed by atoms with E-state index in [0.29, 0.717) is 18.7 Å². The molecule has 0 spiro atoms. The van der Waals surface area contributed by atoms with Crippen LogP contribution in [0.4, 0.5) is 0 Å². The van der Waals surface area contributed by atoms with E-state index in [1.807, 2.05) is 13.0 Å². The molecular weight excluding hydrogens is 278 g/mol. The predicted molar refractivity (Wildman–Crippen MR) is 84.7 cm³/mol. The van der Waals surface area contributed by atoms with Crippen LogP contribution in [-0.4, -0.2) is 64.1 Å². The van der Waals surface area contributed by atoms with Gasteiger partial charge in [0.25, 0.3) is 5.91 Å². The lowest BCUT2D eigenvalue weighted by Gasteiger charge is -2.41. The summed E-state index contributed by atoms with van der Waals surface area (Å²) in [6.45, 7) is 5.90. The maximum absolute atomic E-state index is 12.6. The Hall–Kier alpha value is -1.46. The Kier molecular flexibility index (Phi) is 4.45. The van der Waals surface area contributed by atoms with E-state index in [1.54, 1.807) is 17.3 Å². The van der Waals surface area contributed by atoms with Crippen LogP contribution in [0.3, 0.4) is 0 Å². The zero-order valence-electron chi connectivity index (χ0n) is 13.3. The van der Waals surface area contributed by atoms with Crippen molar-refractivity contribution in [1.82, 2.24) is 14.8 Å². The summed E-state index contributed by atoms with van der Waals surface area (Å²) in [5.41, 5.74) is 0.829. The summed E-state index contributed by atoms with van der Waals surface area (Å²) in [7, 11) is 0. The third kappa shape index (κ3) is 3.47. The average molecular weight is 303 g/mol. The van der Waals surface area contributed by atoms with Crippen LogP contribution >= 0.6 is 0 Å². The van der Waals surface area contributed by atoms with Crippen molar-refractivity contribution < 1.29 is 9.90 Å². The molecule has 2 aliphatic heterocycles. The van der Waals surface area contributed by atoms with E-state index >= 15 is 0 Å². The molecule has 5 heteroatoms. The molecule has 1 N–H and O–H groups in total. The van der Waals surface area contributed by atoms with E-state index in [1.165, 1.54) is 12.8 Å². The molecule has 0 aliphatic carbocycles. The molecule has 1 amide bonds. The highest BCUT2D eigenvalue weighted by atomic mass is 16.3. The second kappa shape index (κ2) is 6.34. The number of likely N-dealkylation sites (tertiary alicyclic amines) is 2. The van der Waals surface area contributed by atoms with Gasteiger partial charge in [-0.3, -0.25) is 9.78 Å². The molecule has 3 rings (SSSR count). The van der Waals surface area contributed by atoms with Crippen molar-refractivity contribution in [1.29, 1.82) is 0 Å². The van der Waals surface area contributed by atoms with Gasteiger partial charge in [0.15, 0.2) is 0 Å². The third-order valence-electron chi connectivity index (χ3n) is 4.68. The minimum Gasteiger partial charge on any atom is -0.387 e. The number of rotatable bonds is 3. The maximum atomic E-state index is 12.6. The van der Waals surface area contributed by atoms with Crippen LogP contribution in [-0.2, 0) is 0 Å². The molecule has 22 heavy (non-hydrogen) atoms. The monoisotopic (exact) mass is 303 g/mol. The van der Waals surface area contributed by atoms with Gasteiger partial charge in [-0.15, -0.1) is 0 Å². The van der Waals surface area contributed by atoms with Gasteiger partial charge in [-0.25, -0.2) is 0 Å². The molecule has 0 saturated carbocycles. The van der Waals surface area contributed by atoms with E-state index in [0.717, 1.165) is 38.0 Å². The maximum Gasteiger partial charge on any atom is 0.255 e. The molecule has 0 bridgehead atoms. The lowest BCUT2D eigenvalue weighted by molar-refractivity contribution is -0.0431. The van der Waals surface area contributed by atoms with E-state index in [4.69, 9.17) is 0 Å². The van der Waals surface area contributed by atoms with E-state index in [9.17, 15) is 9.90 Å². The summed E-state index contributed by atoms with van der Waals surface area (Å²) in [6, 6.07) is 1.86. The van der Waals surface area contributed by atoms with Crippen LogP contribution in [0.25, 0.3) is 0 Å². The number of aromatic nitrogens is 1. The molecular formula is C17H25N3O2. The van der Waals surface area contributed by atoms with Crippen LogP contribution in [0.1, 0.15) is 41.6 Å². The summed E-state index contributed by atoms with van der Waals surface area (Å²) in [5.74, 6) is -0.0178. The van der Waals surface area contributed by atoms with Crippen molar-refractivity contribution in [3.63, 3.8) is 0 Å². The number of piperidine rings is 1. The number of carbonyl (C=O) groups excluding carboxylic acids is 1. The molecule has 5 nitrogen and oxygen atoms in total. The van der Waals surface area contributed by atoms with Gasteiger partial charge in [0.1, 0.15) is 0 Å².